The largest absolute Gasteiger partial charge is 0.480 e. The maximum atomic E-state index is 11.4. The molecule has 19 heavy (non-hydrogen) atoms. The number of hydrogen-bond acceptors (Lipinski definition) is 3. The minimum absolute atomic E-state index is 0.211. The van der Waals surface area contributed by atoms with Crippen LogP contribution >= 0.6 is 0 Å². The summed E-state index contributed by atoms with van der Waals surface area (Å²) < 4.78 is 0. The van der Waals surface area contributed by atoms with E-state index in [9.17, 15) is 14.4 Å². The second kappa shape index (κ2) is 8.17. The zero-order valence-corrected chi connectivity index (χ0v) is 11.7. The summed E-state index contributed by atoms with van der Waals surface area (Å²) in [6.07, 6.45) is 0. The van der Waals surface area contributed by atoms with Crippen LogP contribution in [0.3, 0.4) is 0 Å². The molecule has 110 valence electrons. The second-order valence-electron chi connectivity index (χ2n) is 4.59. The Bertz CT molecular complexity index is 331. The van der Waals surface area contributed by atoms with Gasteiger partial charge in [0, 0.05) is 27.2 Å². The van der Waals surface area contributed by atoms with Crippen LogP contribution in [0.1, 0.15) is 13.8 Å². The summed E-state index contributed by atoms with van der Waals surface area (Å²) in [4.78, 5) is 34.8. The van der Waals surface area contributed by atoms with Gasteiger partial charge in [0.2, 0.25) is 0 Å². The highest BCUT2D eigenvalue weighted by molar-refractivity contribution is 5.82. The van der Waals surface area contributed by atoms with Crippen LogP contribution in [0.15, 0.2) is 0 Å². The summed E-state index contributed by atoms with van der Waals surface area (Å²) in [7, 11) is 3.21. The molecule has 8 heteroatoms. The number of carboxylic acids is 1. The third-order valence-corrected chi connectivity index (χ3v) is 2.31. The van der Waals surface area contributed by atoms with E-state index in [0.29, 0.717) is 0 Å². The maximum Gasteiger partial charge on any atom is 0.326 e. The normalized spacial score (nSPS) is 11.6. The van der Waals surface area contributed by atoms with Crippen LogP contribution < -0.4 is 16.0 Å². The van der Waals surface area contributed by atoms with Gasteiger partial charge in [-0.15, -0.1) is 0 Å². The minimum Gasteiger partial charge on any atom is -0.480 e. The maximum absolute atomic E-state index is 11.4. The lowest BCUT2D eigenvalue weighted by Gasteiger charge is -2.18. The van der Waals surface area contributed by atoms with E-state index in [2.05, 4.69) is 16.0 Å². The predicted octanol–water partition coefficient (Wildman–Crippen LogP) is -0.334. The van der Waals surface area contributed by atoms with E-state index in [1.165, 1.54) is 4.90 Å². The summed E-state index contributed by atoms with van der Waals surface area (Å²) in [6.45, 7) is 3.90. The first-order valence-corrected chi connectivity index (χ1v) is 5.98. The van der Waals surface area contributed by atoms with E-state index in [1.54, 1.807) is 27.9 Å². The van der Waals surface area contributed by atoms with Gasteiger partial charge in [0.15, 0.2) is 0 Å². The molecule has 0 spiro atoms. The van der Waals surface area contributed by atoms with Gasteiger partial charge in [-0.1, -0.05) is 13.8 Å². The van der Waals surface area contributed by atoms with Crippen LogP contribution in [0.4, 0.5) is 9.59 Å². The van der Waals surface area contributed by atoms with Gasteiger partial charge in [-0.2, -0.15) is 0 Å². The Labute approximate surface area is 112 Å². The van der Waals surface area contributed by atoms with Gasteiger partial charge in [-0.25, -0.2) is 14.4 Å². The fourth-order valence-corrected chi connectivity index (χ4v) is 1.21. The van der Waals surface area contributed by atoms with Crippen molar-refractivity contribution in [3.8, 4) is 0 Å². The molecule has 0 fully saturated rings. The van der Waals surface area contributed by atoms with Gasteiger partial charge < -0.3 is 26.0 Å². The lowest BCUT2D eigenvalue weighted by Crippen LogP contribution is -2.50. The summed E-state index contributed by atoms with van der Waals surface area (Å²) in [5.41, 5.74) is 0. The van der Waals surface area contributed by atoms with Crippen LogP contribution in [0.5, 0.6) is 0 Å². The fourth-order valence-electron chi connectivity index (χ4n) is 1.21. The van der Waals surface area contributed by atoms with Crippen LogP contribution in [0.2, 0.25) is 0 Å². The summed E-state index contributed by atoms with van der Waals surface area (Å²) in [5.74, 6) is -1.29. The molecule has 0 unspecified atom stereocenters. The average molecular weight is 274 g/mol. The minimum atomic E-state index is -1.08. The van der Waals surface area contributed by atoms with Crippen molar-refractivity contribution in [2.45, 2.75) is 19.9 Å². The number of hydrogen-bond donors (Lipinski definition) is 4. The van der Waals surface area contributed by atoms with Crippen LogP contribution in [-0.4, -0.2) is 61.3 Å². The van der Waals surface area contributed by atoms with Crippen molar-refractivity contribution >= 4 is 18.0 Å². The Morgan fingerprint density at radius 3 is 2.05 bits per heavy atom. The molecule has 0 radical (unpaired) electrons. The number of carbonyl (C=O) groups is 3. The van der Waals surface area contributed by atoms with E-state index in [4.69, 9.17) is 5.11 Å². The SMILES string of the molecule is CC(C)[C@H](NC(=O)NCCNC(=O)N(C)C)C(=O)O. The zero-order valence-electron chi connectivity index (χ0n) is 11.7. The van der Waals surface area contributed by atoms with Crippen molar-refractivity contribution in [2.75, 3.05) is 27.2 Å². The number of carbonyl (C=O) groups excluding carboxylic acids is 2. The monoisotopic (exact) mass is 274 g/mol. The van der Waals surface area contributed by atoms with E-state index in [1.807, 2.05) is 0 Å². The second-order valence-corrected chi connectivity index (χ2v) is 4.59. The molecule has 0 aliphatic heterocycles. The molecular weight excluding hydrogens is 252 g/mol. The highest BCUT2D eigenvalue weighted by Crippen LogP contribution is 2.00. The van der Waals surface area contributed by atoms with Gasteiger partial charge in [0.05, 0.1) is 0 Å². The molecule has 0 aliphatic rings. The highest BCUT2D eigenvalue weighted by atomic mass is 16.4. The lowest BCUT2D eigenvalue weighted by molar-refractivity contribution is -0.140. The fraction of sp³-hybridized carbons (Fsp3) is 0.727. The number of nitrogens with one attached hydrogen (secondary N) is 3. The van der Waals surface area contributed by atoms with Crippen molar-refractivity contribution < 1.29 is 19.5 Å². The third kappa shape index (κ3) is 7.12. The van der Waals surface area contributed by atoms with Gasteiger partial charge in [0.25, 0.3) is 0 Å². The molecule has 4 N–H and O–H groups in total. The molecule has 0 saturated carbocycles. The number of nitrogens with zero attached hydrogens (tertiary/aromatic N) is 1. The first kappa shape index (κ1) is 17.0. The molecule has 1 atom stereocenters. The van der Waals surface area contributed by atoms with E-state index in [-0.39, 0.29) is 25.0 Å². The quantitative estimate of drug-likeness (QED) is 0.497. The van der Waals surface area contributed by atoms with Gasteiger partial charge in [-0.05, 0) is 5.92 Å². The molecule has 0 aromatic rings. The molecule has 0 aliphatic carbocycles. The average Bonchev–Trinajstić information content (AvgIpc) is 2.30. The Morgan fingerprint density at radius 1 is 1.11 bits per heavy atom. The molecule has 8 nitrogen and oxygen atoms in total. The molecular formula is C11H22N4O4. The lowest BCUT2D eigenvalue weighted by atomic mass is 10.1. The topological polar surface area (TPSA) is 111 Å². The number of amides is 4. The zero-order chi connectivity index (χ0) is 15.0. The Morgan fingerprint density at radius 2 is 1.63 bits per heavy atom. The number of rotatable bonds is 6. The van der Waals surface area contributed by atoms with Crippen molar-refractivity contribution in [2.24, 2.45) is 5.92 Å². The Kier molecular flexibility index (Phi) is 7.32. The first-order valence-electron chi connectivity index (χ1n) is 5.98. The summed E-state index contributed by atoms with van der Waals surface area (Å²) in [5, 5.41) is 16.3. The molecule has 0 rings (SSSR count). The van der Waals surface area contributed by atoms with E-state index in [0.717, 1.165) is 0 Å². The summed E-state index contributed by atoms with van der Waals surface area (Å²) in [6, 6.07) is -1.76. The number of carboxylic acid groups (broad SMARTS) is 1. The van der Waals surface area contributed by atoms with Gasteiger partial charge in [0.1, 0.15) is 6.04 Å². The van der Waals surface area contributed by atoms with Crippen molar-refractivity contribution in [3.63, 3.8) is 0 Å². The number of urea groups is 2. The standard InChI is InChI=1S/C11H22N4O4/c1-7(2)8(9(16)17)14-10(18)12-5-6-13-11(19)15(3)4/h7-8H,5-6H2,1-4H3,(H,13,19)(H,16,17)(H2,12,14,18)/t8-/m0/s1. The van der Waals surface area contributed by atoms with Crippen LogP contribution in [-0.2, 0) is 4.79 Å². The number of aliphatic carboxylic acids is 1. The molecule has 0 aromatic carbocycles. The Hall–Kier alpha value is -1.99. The first-order chi connectivity index (χ1) is 8.75. The molecule has 0 heterocycles. The smallest absolute Gasteiger partial charge is 0.326 e. The molecule has 4 amide bonds. The Balaban J connectivity index is 3.93. The molecule has 0 aromatic heterocycles. The van der Waals surface area contributed by atoms with Crippen LogP contribution in [0, 0.1) is 5.92 Å². The molecule has 0 saturated heterocycles. The van der Waals surface area contributed by atoms with E-state index < -0.39 is 18.0 Å². The van der Waals surface area contributed by atoms with Gasteiger partial charge in [-0.3, -0.25) is 0 Å². The third-order valence-electron chi connectivity index (χ3n) is 2.31. The van der Waals surface area contributed by atoms with Crippen molar-refractivity contribution in [1.29, 1.82) is 0 Å². The van der Waals surface area contributed by atoms with Gasteiger partial charge >= 0.3 is 18.0 Å². The van der Waals surface area contributed by atoms with Crippen molar-refractivity contribution in [1.82, 2.24) is 20.9 Å². The van der Waals surface area contributed by atoms with Crippen molar-refractivity contribution in [3.05, 3.63) is 0 Å². The molecule has 0 bridgehead atoms. The predicted molar refractivity (Wildman–Crippen MR) is 69.9 cm³/mol. The van der Waals surface area contributed by atoms with Crippen LogP contribution in [0.25, 0.3) is 0 Å². The highest BCUT2D eigenvalue weighted by Gasteiger charge is 2.22. The summed E-state index contributed by atoms with van der Waals surface area (Å²) >= 11 is 0. The van der Waals surface area contributed by atoms with E-state index >= 15 is 0 Å².